The third-order valence-electron chi connectivity index (χ3n) is 2.92. The van der Waals surface area contributed by atoms with Crippen molar-refractivity contribution in [3.05, 3.63) is 57.0 Å². The standard InChI is InChI=1S/C15H13BrClNO2/c1-9-12(17)4-3-5-13(9)18-15(19)11-8-10(16)6-7-14(11)20-2/h3-8H,1-2H3,(H,18,19). The van der Waals surface area contributed by atoms with E-state index in [1.165, 1.54) is 7.11 Å². The molecule has 0 saturated carbocycles. The van der Waals surface area contributed by atoms with Gasteiger partial charge in [0.2, 0.25) is 0 Å². The summed E-state index contributed by atoms with van der Waals surface area (Å²) in [5.41, 5.74) is 1.97. The number of carbonyl (C=O) groups excluding carboxylic acids is 1. The van der Waals surface area contributed by atoms with Crippen LogP contribution in [0.3, 0.4) is 0 Å². The fourth-order valence-corrected chi connectivity index (χ4v) is 2.33. The smallest absolute Gasteiger partial charge is 0.259 e. The summed E-state index contributed by atoms with van der Waals surface area (Å²) in [6.45, 7) is 1.86. The zero-order valence-corrected chi connectivity index (χ0v) is 13.4. The first-order valence-electron chi connectivity index (χ1n) is 5.93. The Bertz CT molecular complexity index is 658. The summed E-state index contributed by atoms with van der Waals surface area (Å²) in [5, 5.41) is 3.46. The second kappa shape index (κ2) is 6.29. The van der Waals surface area contributed by atoms with Crippen LogP contribution in [0.1, 0.15) is 15.9 Å². The largest absolute Gasteiger partial charge is 0.496 e. The SMILES string of the molecule is COc1ccc(Br)cc1C(=O)Nc1cccc(Cl)c1C. The highest BCUT2D eigenvalue weighted by Crippen LogP contribution is 2.26. The molecule has 0 aromatic heterocycles. The van der Waals surface area contributed by atoms with Crippen molar-refractivity contribution in [3.63, 3.8) is 0 Å². The van der Waals surface area contributed by atoms with Gasteiger partial charge in [-0.15, -0.1) is 0 Å². The first kappa shape index (κ1) is 14.9. The Morgan fingerprint density at radius 1 is 1.30 bits per heavy atom. The molecule has 20 heavy (non-hydrogen) atoms. The molecular formula is C15H13BrClNO2. The molecule has 1 N–H and O–H groups in total. The molecule has 0 heterocycles. The highest BCUT2D eigenvalue weighted by atomic mass is 79.9. The van der Waals surface area contributed by atoms with Crippen LogP contribution in [0.2, 0.25) is 5.02 Å². The van der Waals surface area contributed by atoms with Gasteiger partial charge in [-0.1, -0.05) is 33.6 Å². The number of hydrogen-bond donors (Lipinski definition) is 1. The van der Waals surface area contributed by atoms with E-state index in [0.29, 0.717) is 22.0 Å². The van der Waals surface area contributed by atoms with E-state index in [0.717, 1.165) is 10.0 Å². The minimum Gasteiger partial charge on any atom is -0.496 e. The Kier molecular flexibility index (Phi) is 4.68. The maximum absolute atomic E-state index is 12.4. The quantitative estimate of drug-likeness (QED) is 0.869. The van der Waals surface area contributed by atoms with Crippen LogP contribution in [0.4, 0.5) is 5.69 Å². The molecule has 0 atom stereocenters. The second-order valence-electron chi connectivity index (χ2n) is 4.21. The van der Waals surface area contributed by atoms with E-state index in [1.54, 1.807) is 24.3 Å². The summed E-state index contributed by atoms with van der Waals surface area (Å²) in [6.07, 6.45) is 0. The fourth-order valence-electron chi connectivity index (χ4n) is 1.79. The van der Waals surface area contributed by atoms with E-state index in [9.17, 15) is 4.79 Å². The number of nitrogens with one attached hydrogen (secondary N) is 1. The molecule has 1 amide bonds. The van der Waals surface area contributed by atoms with Crippen LogP contribution in [0.25, 0.3) is 0 Å². The van der Waals surface area contributed by atoms with Gasteiger partial charge in [-0.3, -0.25) is 4.79 Å². The molecule has 0 spiro atoms. The van der Waals surface area contributed by atoms with Crippen molar-refractivity contribution < 1.29 is 9.53 Å². The van der Waals surface area contributed by atoms with Gasteiger partial charge in [0.15, 0.2) is 0 Å². The summed E-state index contributed by atoms with van der Waals surface area (Å²) >= 11 is 9.39. The molecular weight excluding hydrogens is 342 g/mol. The summed E-state index contributed by atoms with van der Waals surface area (Å²) in [6, 6.07) is 10.7. The number of anilines is 1. The molecule has 0 saturated heterocycles. The predicted molar refractivity (Wildman–Crippen MR) is 84.8 cm³/mol. The molecule has 5 heteroatoms. The van der Waals surface area contributed by atoms with E-state index in [4.69, 9.17) is 16.3 Å². The third kappa shape index (κ3) is 3.14. The Balaban J connectivity index is 2.33. The lowest BCUT2D eigenvalue weighted by Crippen LogP contribution is -2.14. The monoisotopic (exact) mass is 353 g/mol. The van der Waals surface area contributed by atoms with E-state index in [2.05, 4.69) is 21.2 Å². The maximum atomic E-state index is 12.4. The normalized spacial score (nSPS) is 10.2. The molecule has 0 aliphatic rings. The van der Waals surface area contributed by atoms with Crippen LogP contribution < -0.4 is 10.1 Å². The Morgan fingerprint density at radius 3 is 2.75 bits per heavy atom. The lowest BCUT2D eigenvalue weighted by atomic mass is 10.1. The number of hydrogen-bond acceptors (Lipinski definition) is 2. The minimum absolute atomic E-state index is 0.242. The zero-order valence-electron chi connectivity index (χ0n) is 11.0. The molecule has 2 aromatic carbocycles. The Morgan fingerprint density at radius 2 is 2.05 bits per heavy atom. The highest BCUT2D eigenvalue weighted by molar-refractivity contribution is 9.10. The zero-order chi connectivity index (χ0) is 14.7. The molecule has 2 aromatic rings. The van der Waals surface area contributed by atoms with Crippen LogP contribution in [0.15, 0.2) is 40.9 Å². The van der Waals surface area contributed by atoms with Crippen molar-refractivity contribution in [2.75, 3.05) is 12.4 Å². The molecule has 2 rings (SSSR count). The van der Waals surface area contributed by atoms with Gasteiger partial charge < -0.3 is 10.1 Å². The van der Waals surface area contributed by atoms with Gasteiger partial charge in [-0.25, -0.2) is 0 Å². The van der Waals surface area contributed by atoms with Crippen molar-refractivity contribution in [1.29, 1.82) is 0 Å². The van der Waals surface area contributed by atoms with Gasteiger partial charge in [0, 0.05) is 15.2 Å². The average molecular weight is 355 g/mol. The summed E-state index contributed by atoms with van der Waals surface area (Å²) < 4.78 is 6.02. The molecule has 0 radical (unpaired) electrons. The number of halogens is 2. The average Bonchev–Trinajstić information content (AvgIpc) is 2.43. The molecule has 3 nitrogen and oxygen atoms in total. The summed E-state index contributed by atoms with van der Waals surface area (Å²) in [7, 11) is 1.53. The van der Waals surface area contributed by atoms with Gasteiger partial charge in [0.05, 0.1) is 12.7 Å². The van der Waals surface area contributed by atoms with Gasteiger partial charge in [0.1, 0.15) is 5.75 Å². The molecule has 0 unspecified atom stereocenters. The maximum Gasteiger partial charge on any atom is 0.259 e. The lowest BCUT2D eigenvalue weighted by molar-refractivity contribution is 0.102. The van der Waals surface area contributed by atoms with E-state index < -0.39 is 0 Å². The van der Waals surface area contributed by atoms with Crippen molar-refractivity contribution >= 4 is 39.1 Å². The van der Waals surface area contributed by atoms with Gasteiger partial charge in [-0.05, 0) is 42.8 Å². The number of ether oxygens (including phenoxy) is 1. The summed E-state index contributed by atoms with van der Waals surface area (Å²) in [4.78, 5) is 12.4. The van der Waals surface area contributed by atoms with Crippen LogP contribution in [-0.4, -0.2) is 13.0 Å². The topological polar surface area (TPSA) is 38.3 Å². The van der Waals surface area contributed by atoms with Crippen molar-refractivity contribution in [1.82, 2.24) is 0 Å². The van der Waals surface area contributed by atoms with Gasteiger partial charge in [-0.2, -0.15) is 0 Å². The van der Waals surface area contributed by atoms with Crippen LogP contribution in [-0.2, 0) is 0 Å². The van der Waals surface area contributed by atoms with Crippen molar-refractivity contribution in [3.8, 4) is 5.75 Å². The van der Waals surface area contributed by atoms with Gasteiger partial charge >= 0.3 is 0 Å². The predicted octanol–water partition coefficient (Wildman–Crippen LogP) is 4.67. The van der Waals surface area contributed by atoms with Gasteiger partial charge in [0.25, 0.3) is 5.91 Å². The van der Waals surface area contributed by atoms with Crippen LogP contribution >= 0.6 is 27.5 Å². The van der Waals surface area contributed by atoms with Crippen LogP contribution in [0, 0.1) is 6.92 Å². The molecule has 0 bridgehead atoms. The number of amides is 1. The third-order valence-corrected chi connectivity index (χ3v) is 3.82. The van der Waals surface area contributed by atoms with Crippen LogP contribution in [0.5, 0.6) is 5.75 Å². The number of benzene rings is 2. The Hall–Kier alpha value is -1.52. The van der Waals surface area contributed by atoms with E-state index >= 15 is 0 Å². The van der Waals surface area contributed by atoms with Crippen molar-refractivity contribution in [2.45, 2.75) is 6.92 Å². The van der Waals surface area contributed by atoms with E-state index in [-0.39, 0.29) is 5.91 Å². The lowest BCUT2D eigenvalue weighted by Gasteiger charge is -2.12. The second-order valence-corrected chi connectivity index (χ2v) is 5.53. The molecule has 0 fully saturated rings. The minimum atomic E-state index is -0.242. The number of rotatable bonds is 3. The van der Waals surface area contributed by atoms with E-state index in [1.807, 2.05) is 19.1 Å². The first-order valence-corrected chi connectivity index (χ1v) is 7.10. The molecule has 104 valence electrons. The highest BCUT2D eigenvalue weighted by Gasteiger charge is 2.14. The fraction of sp³-hybridized carbons (Fsp3) is 0.133. The first-order chi connectivity index (χ1) is 9.52. The number of carbonyl (C=O) groups is 1. The summed E-state index contributed by atoms with van der Waals surface area (Å²) in [5.74, 6) is 0.277. The molecule has 0 aliphatic heterocycles. The molecule has 0 aliphatic carbocycles. The Labute approximate surface area is 131 Å². The van der Waals surface area contributed by atoms with Crippen molar-refractivity contribution in [2.24, 2.45) is 0 Å². The number of methoxy groups -OCH3 is 1.